The molecular formula is C87H83Br2F4IN28O7. The van der Waals surface area contributed by atoms with Crippen LogP contribution in [0.3, 0.4) is 0 Å². The van der Waals surface area contributed by atoms with Crippen molar-refractivity contribution in [3.8, 4) is 46.3 Å². The van der Waals surface area contributed by atoms with Gasteiger partial charge in [0.05, 0.1) is 78.6 Å². The molecule has 662 valence electrons. The van der Waals surface area contributed by atoms with Gasteiger partial charge in [0.2, 0.25) is 23.1 Å². The number of aryl methyl sites for hydroxylation is 4. The smallest absolute Gasteiger partial charge is 0.258 e. The largest absolute Gasteiger partial charge is 0.467 e. The predicted molar refractivity (Wildman–Crippen MR) is 485 cm³/mol. The molecule has 0 spiro atoms. The minimum atomic E-state index is -0.721. The normalized spacial score (nSPS) is 13.9. The van der Waals surface area contributed by atoms with Gasteiger partial charge in [-0.15, -0.1) is 0 Å². The van der Waals surface area contributed by atoms with Crippen LogP contribution in [0.1, 0.15) is 150 Å². The van der Waals surface area contributed by atoms with Crippen LogP contribution in [-0.4, -0.2) is 158 Å². The van der Waals surface area contributed by atoms with E-state index in [-0.39, 0.29) is 96.1 Å². The summed E-state index contributed by atoms with van der Waals surface area (Å²) in [6.07, 6.45) is 21.9. The van der Waals surface area contributed by atoms with E-state index >= 15 is 0 Å². The average molecular weight is 2000 g/mol. The second-order valence-corrected chi connectivity index (χ2v) is 32.9. The topological polar surface area (TPSA) is 438 Å². The number of anilines is 4. The van der Waals surface area contributed by atoms with Gasteiger partial charge in [0, 0.05) is 132 Å². The number of nitrogen functional groups attached to an aromatic ring is 4. The Morgan fingerprint density at radius 3 is 1.56 bits per heavy atom. The van der Waals surface area contributed by atoms with Gasteiger partial charge in [-0.25, -0.2) is 97.3 Å². The third-order valence-corrected chi connectivity index (χ3v) is 21.8. The molecule has 0 aliphatic carbocycles. The summed E-state index contributed by atoms with van der Waals surface area (Å²) in [5.41, 5.74) is 35.6. The number of nitrogens with zero attached hydrogens (tertiary/aromatic N) is 23. The number of hydrogen-bond donors (Lipinski definition) is 5. The molecule has 2 aliphatic heterocycles. The molecule has 14 heterocycles. The summed E-state index contributed by atoms with van der Waals surface area (Å²) < 4.78 is 88.2. The second-order valence-electron chi connectivity index (χ2n) is 30.1. The second kappa shape index (κ2) is 39.0. The van der Waals surface area contributed by atoms with Gasteiger partial charge in [-0.3, -0.25) is 32.0 Å². The lowest BCUT2D eigenvalue weighted by Crippen LogP contribution is -2.28. The standard InChI is InChI=1S/C22H21BrFN7O2.2C22H20FN7O2.C12H10BrFIN3O.C9H12N4/c1-12-7-27-22-28-15(11-31(22)9-12)10-30(3)21(32)16-5-4-14(24)6-17(16)13(2)33-20-19(25)26-8-18(23)29-20;1-11-7-26-22-27-14-9-29(3)21(31)15-5-4-13(23)6-16(15)12(2)32-20-19(24)25-8-17(28-20)18(11)30(22)10-14;1-11-7-26-22-28-17-10-29(3)21(31)14-5-4-13(23)6-15(14)12(2)32-20-19(24)25-8-16(27-20)18(17)30(22)9-11;1-6(8-4-7(14)2-3-9(8)15)19-12-11(16)17-5-10(13)18-12;1-7-3-11-9-12-8(4-10-2)6-13(9)5-7/h4-9,11,13H,10H2,1-3H3,(H2,25,26);4-8,10,12H,9H2,1-3H3,(H2,24,25);4-9,12H,10H2,1-3H3,(H2,24,25);2-6H,1H3,(H2,16,17);3,5-6,10H,4H2,1-2H3/t13-;2*12-;6-;/m1111./s1. The number of aromatic nitrogens is 20. The molecule has 35 nitrogen and oxygen atoms in total. The van der Waals surface area contributed by atoms with Crippen molar-refractivity contribution >= 4 is 119 Å². The molecule has 3 amide bonds. The Morgan fingerprint density at radius 2 is 0.992 bits per heavy atom. The Balaban J connectivity index is 0.000000134. The molecule has 2 aliphatic rings. The van der Waals surface area contributed by atoms with Crippen molar-refractivity contribution in [1.82, 2.24) is 117 Å². The number of imidazole rings is 4. The first-order valence-electron chi connectivity index (χ1n) is 39.6. The van der Waals surface area contributed by atoms with Gasteiger partial charge in [-0.1, -0.05) is 0 Å². The molecule has 6 bridgehead atoms. The van der Waals surface area contributed by atoms with Crippen LogP contribution in [0.5, 0.6) is 23.5 Å². The van der Waals surface area contributed by atoms with Crippen molar-refractivity contribution < 1.29 is 50.9 Å². The summed E-state index contributed by atoms with van der Waals surface area (Å²) in [5.74, 6) is 0.552. The SMILES string of the molecule is CNCc1cn2cc(C)cnc2n1.C[C@@H](Oc1nc(Br)cnc1N)c1cc(F)ccc1I.Cc1cnc2nc(CN(C)C(=O)c3ccc(F)cc3[C@@H](C)Oc3nc(Br)cnc3N)cn2c1.Cc1cnc2nc3c(n2c1)-c1cnc(N)c(n1)O[C@H](C)c1cc(F)ccc1C(=O)N(C)C3.Cc1cnc2nc3cn2c1-c1cnc(N)c(n1)O[C@H](C)c1cc(F)ccc1C(=O)N(C)C3. The molecule has 4 atom stereocenters. The van der Waals surface area contributed by atoms with Crippen molar-refractivity contribution in [3.05, 3.63) is 280 Å². The van der Waals surface area contributed by atoms with Crippen LogP contribution in [0.2, 0.25) is 0 Å². The number of carbonyl (C=O) groups excluding carboxylic acids is 3. The van der Waals surface area contributed by atoms with Gasteiger partial charge < -0.3 is 61.9 Å². The summed E-state index contributed by atoms with van der Waals surface area (Å²) in [6, 6.07) is 16.5. The number of nitrogens with two attached hydrogens (primary N) is 4. The fourth-order valence-electron chi connectivity index (χ4n) is 13.9. The van der Waals surface area contributed by atoms with Gasteiger partial charge in [0.25, 0.3) is 41.2 Å². The fourth-order valence-corrected chi connectivity index (χ4v) is 15.2. The quantitative estimate of drug-likeness (QED) is 0.0593. The Hall–Kier alpha value is -14.1. The first-order valence-corrected chi connectivity index (χ1v) is 42.3. The Kier molecular flexibility index (Phi) is 27.5. The number of ether oxygens (including phenoxy) is 4. The molecular weight excluding hydrogens is 1910 g/mol. The zero-order valence-corrected chi connectivity index (χ0v) is 76.6. The van der Waals surface area contributed by atoms with E-state index in [0.717, 1.165) is 55.1 Å². The van der Waals surface area contributed by atoms with E-state index in [1.807, 2.05) is 95.7 Å². The predicted octanol–water partition coefficient (Wildman–Crippen LogP) is 14.1. The van der Waals surface area contributed by atoms with Crippen LogP contribution in [0.4, 0.5) is 40.8 Å². The van der Waals surface area contributed by atoms with Crippen molar-refractivity contribution in [3.63, 3.8) is 0 Å². The molecule has 0 radical (unpaired) electrons. The highest BCUT2D eigenvalue weighted by molar-refractivity contribution is 14.1. The lowest BCUT2D eigenvalue weighted by Gasteiger charge is -2.23. The molecule has 0 saturated heterocycles. The minimum absolute atomic E-state index is 0.0837. The number of fused-ring (bicyclic) bond motifs is 14. The lowest BCUT2D eigenvalue weighted by atomic mass is 10.0. The molecule has 0 fully saturated rings. The zero-order chi connectivity index (χ0) is 92.1. The van der Waals surface area contributed by atoms with Gasteiger partial charge in [-0.05, 0) is 212 Å². The molecule has 16 aromatic rings. The number of rotatable bonds is 11. The molecule has 12 aromatic heterocycles. The Labute approximate surface area is 764 Å². The summed E-state index contributed by atoms with van der Waals surface area (Å²) >= 11 is 8.54. The van der Waals surface area contributed by atoms with Gasteiger partial charge in [0.1, 0.15) is 68.3 Å². The molecule has 9 N–H and O–H groups in total. The Morgan fingerprint density at radius 1 is 0.535 bits per heavy atom. The van der Waals surface area contributed by atoms with E-state index in [1.54, 1.807) is 79.7 Å². The Bertz CT molecular complexity index is 6960. The number of amides is 3. The van der Waals surface area contributed by atoms with Gasteiger partial charge >= 0.3 is 0 Å². The molecule has 129 heavy (non-hydrogen) atoms. The summed E-state index contributed by atoms with van der Waals surface area (Å²) in [4.78, 5) is 113. The highest BCUT2D eigenvalue weighted by Crippen LogP contribution is 2.37. The van der Waals surface area contributed by atoms with E-state index in [0.29, 0.717) is 94.1 Å². The van der Waals surface area contributed by atoms with Crippen LogP contribution >= 0.6 is 54.5 Å². The monoisotopic (exact) mass is 1990 g/mol. The van der Waals surface area contributed by atoms with Gasteiger partial charge in [0.15, 0.2) is 23.3 Å². The third kappa shape index (κ3) is 20.9. The summed E-state index contributed by atoms with van der Waals surface area (Å²) in [6.45, 7) is 16.1. The van der Waals surface area contributed by atoms with Crippen LogP contribution in [-0.2, 0) is 26.2 Å². The van der Waals surface area contributed by atoms with E-state index in [4.69, 9.17) is 41.9 Å². The first kappa shape index (κ1) is 91.1. The lowest BCUT2D eigenvalue weighted by molar-refractivity contribution is 0.0771. The molecule has 42 heteroatoms. The fraction of sp³-hybridized carbons (Fsp3) is 0.230. The zero-order valence-electron chi connectivity index (χ0n) is 71.2. The van der Waals surface area contributed by atoms with E-state index < -0.39 is 35.8 Å². The number of halogens is 7. The van der Waals surface area contributed by atoms with Crippen molar-refractivity contribution in [1.29, 1.82) is 0 Å². The minimum Gasteiger partial charge on any atom is -0.467 e. The van der Waals surface area contributed by atoms with E-state index in [2.05, 4.69) is 140 Å². The molecule has 0 saturated carbocycles. The maximum Gasteiger partial charge on any atom is 0.258 e. The third-order valence-electron chi connectivity index (χ3n) is 20.1. The van der Waals surface area contributed by atoms with Crippen molar-refractivity contribution in [2.75, 3.05) is 51.1 Å². The van der Waals surface area contributed by atoms with Crippen molar-refractivity contribution in [2.45, 2.75) is 106 Å². The highest BCUT2D eigenvalue weighted by atomic mass is 127. The number of hydrogen-bond acceptors (Lipinski definition) is 28. The molecule has 0 unspecified atom stereocenters. The van der Waals surface area contributed by atoms with Crippen LogP contribution < -0.4 is 47.2 Å². The first-order chi connectivity index (χ1) is 61.6. The van der Waals surface area contributed by atoms with Gasteiger partial charge in [-0.2, -0.15) is 0 Å². The number of benzene rings is 4. The maximum absolute atomic E-state index is 14.1. The number of nitrogens with one attached hydrogen (secondary N) is 1. The van der Waals surface area contributed by atoms with Crippen LogP contribution in [0, 0.1) is 54.5 Å². The summed E-state index contributed by atoms with van der Waals surface area (Å²) in [5, 5.41) is 3.06. The highest BCUT2D eigenvalue weighted by Gasteiger charge is 2.31. The van der Waals surface area contributed by atoms with E-state index in [1.165, 1.54) is 100 Å². The van der Waals surface area contributed by atoms with Crippen molar-refractivity contribution in [2.24, 2.45) is 0 Å². The molecule has 4 aromatic carbocycles. The molecule has 18 rings (SSSR count). The van der Waals surface area contributed by atoms with E-state index in [9.17, 15) is 31.9 Å². The average Bonchev–Trinajstić information content (AvgIpc) is 1.65. The van der Waals surface area contributed by atoms with Crippen LogP contribution in [0.15, 0.2) is 169 Å². The number of carbonyl (C=O) groups is 3. The summed E-state index contributed by atoms with van der Waals surface area (Å²) in [7, 11) is 6.89. The maximum atomic E-state index is 14.1. The van der Waals surface area contributed by atoms with Crippen LogP contribution in [0.25, 0.3) is 45.9 Å².